The monoisotopic (exact) mass is 357 g/mol. The van der Waals surface area contributed by atoms with Gasteiger partial charge in [-0.2, -0.15) is 5.10 Å². The smallest absolute Gasteiger partial charge is 0.259 e. The molecule has 7 heteroatoms. The Labute approximate surface area is 153 Å². The maximum Gasteiger partial charge on any atom is 0.259 e. The number of hydrogen-bond acceptors (Lipinski definition) is 5. The molecule has 2 aromatic heterocycles. The van der Waals surface area contributed by atoms with E-state index >= 15 is 0 Å². The summed E-state index contributed by atoms with van der Waals surface area (Å²) in [7, 11) is 0. The van der Waals surface area contributed by atoms with Crippen LogP contribution in [0.25, 0.3) is 5.65 Å². The second-order valence-corrected chi connectivity index (χ2v) is 7.89. The average Bonchev–Trinajstić information content (AvgIpc) is 2.97. The number of amides is 1. The van der Waals surface area contributed by atoms with Crippen LogP contribution in [-0.4, -0.2) is 75.7 Å². The Morgan fingerprint density at radius 3 is 3.04 bits per heavy atom. The summed E-state index contributed by atoms with van der Waals surface area (Å²) in [6.07, 6.45) is 7.26. The molecule has 2 aromatic rings. The minimum Gasteiger partial charge on any atom is -0.379 e. The van der Waals surface area contributed by atoms with Gasteiger partial charge in [-0.1, -0.05) is 0 Å². The molecule has 0 radical (unpaired) electrons. The highest BCUT2D eigenvalue weighted by atomic mass is 16.5. The second kappa shape index (κ2) is 6.96. The third kappa shape index (κ3) is 3.21. The number of ether oxygens (including phenoxy) is 1. The highest BCUT2D eigenvalue weighted by molar-refractivity contribution is 5.99. The van der Waals surface area contributed by atoms with Crippen molar-refractivity contribution in [1.29, 1.82) is 0 Å². The van der Waals surface area contributed by atoms with Crippen molar-refractivity contribution in [3.05, 3.63) is 30.2 Å². The maximum absolute atomic E-state index is 13.2. The van der Waals surface area contributed by atoms with Crippen LogP contribution in [0.4, 0.5) is 0 Å². The Bertz CT molecular complexity index is 789. The lowest BCUT2D eigenvalue weighted by molar-refractivity contribution is 0.00579. The van der Waals surface area contributed by atoms with E-state index in [0.717, 1.165) is 52.2 Å². The Kier molecular flexibility index (Phi) is 4.67. The first-order valence-corrected chi connectivity index (χ1v) is 9.47. The van der Waals surface area contributed by atoms with Gasteiger partial charge in [-0.25, -0.2) is 9.50 Å². The zero-order chi connectivity index (χ0) is 18.1. The molecule has 140 valence electrons. The molecule has 0 bridgehead atoms. The van der Waals surface area contributed by atoms with Crippen LogP contribution in [0.3, 0.4) is 0 Å². The minimum absolute atomic E-state index is 0.0189. The molecule has 4 heterocycles. The predicted octanol–water partition coefficient (Wildman–Crippen LogP) is 1.69. The zero-order valence-corrected chi connectivity index (χ0v) is 15.6. The van der Waals surface area contributed by atoms with Crippen molar-refractivity contribution >= 4 is 11.6 Å². The molecule has 0 N–H and O–H groups in total. The van der Waals surface area contributed by atoms with E-state index in [-0.39, 0.29) is 11.3 Å². The molecule has 0 aliphatic carbocycles. The lowest BCUT2D eigenvalue weighted by Crippen LogP contribution is -2.53. The van der Waals surface area contributed by atoms with Gasteiger partial charge in [0.1, 0.15) is 5.56 Å². The Balaban J connectivity index is 1.57. The molecule has 2 aliphatic heterocycles. The number of fused-ring (bicyclic) bond motifs is 1. The van der Waals surface area contributed by atoms with E-state index in [1.165, 1.54) is 0 Å². The molecule has 1 unspecified atom stereocenters. The topological polar surface area (TPSA) is 63.0 Å². The molecular formula is C19H27N5O2. The van der Waals surface area contributed by atoms with Crippen molar-refractivity contribution in [2.75, 3.05) is 39.4 Å². The van der Waals surface area contributed by atoms with Gasteiger partial charge in [-0.3, -0.25) is 9.69 Å². The fourth-order valence-electron chi connectivity index (χ4n) is 4.24. The quantitative estimate of drug-likeness (QED) is 0.818. The Hall–Kier alpha value is -1.99. The molecular weight excluding hydrogens is 330 g/mol. The van der Waals surface area contributed by atoms with Crippen LogP contribution in [0.1, 0.15) is 37.0 Å². The van der Waals surface area contributed by atoms with Crippen molar-refractivity contribution in [1.82, 2.24) is 24.4 Å². The number of nitrogens with zero attached hydrogens (tertiary/aromatic N) is 5. The predicted molar refractivity (Wildman–Crippen MR) is 98.1 cm³/mol. The van der Waals surface area contributed by atoms with Gasteiger partial charge >= 0.3 is 0 Å². The molecule has 1 amide bonds. The van der Waals surface area contributed by atoms with Gasteiger partial charge in [0, 0.05) is 50.0 Å². The van der Waals surface area contributed by atoms with Gasteiger partial charge in [0.05, 0.1) is 19.4 Å². The fourth-order valence-corrected chi connectivity index (χ4v) is 4.24. The molecule has 0 aromatic carbocycles. The number of carbonyl (C=O) groups is 1. The van der Waals surface area contributed by atoms with E-state index in [4.69, 9.17) is 4.74 Å². The summed E-state index contributed by atoms with van der Waals surface area (Å²) in [6, 6.07) is 2.30. The third-order valence-corrected chi connectivity index (χ3v) is 5.66. The van der Waals surface area contributed by atoms with E-state index in [1.807, 2.05) is 17.2 Å². The standard InChI is InChI=1S/C19H27N5O2/c1-15(2)22-9-10-26-14-19(12-22)5-3-7-23(13-19)18(25)16-11-21-24-8-4-6-20-17(16)24/h4,6,8,11,15H,3,5,7,9-10,12-14H2,1-2H3. The summed E-state index contributed by atoms with van der Waals surface area (Å²) in [4.78, 5) is 22.0. The first kappa shape index (κ1) is 17.4. The highest BCUT2D eigenvalue weighted by Gasteiger charge is 2.41. The van der Waals surface area contributed by atoms with E-state index in [9.17, 15) is 4.79 Å². The molecule has 1 atom stereocenters. The van der Waals surface area contributed by atoms with Crippen molar-refractivity contribution in [3.8, 4) is 0 Å². The number of rotatable bonds is 2. The summed E-state index contributed by atoms with van der Waals surface area (Å²) in [5.41, 5.74) is 1.22. The van der Waals surface area contributed by atoms with Crippen LogP contribution < -0.4 is 0 Å². The van der Waals surface area contributed by atoms with Crippen LogP contribution in [-0.2, 0) is 4.74 Å². The summed E-state index contributed by atoms with van der Waals surface area (Å²) >= 11 is 0. The van der Waals surface area contributed by atoms with E-state index in [2.05, 4.69) is 28.8 Å². The number of piperidine rings is 1. The summed E-state index contributed by atoms with van der Waals surface area (Å²) in [5.74, 6) is 0.0260. The second-order valence-electron chi connectivity index (χ2n) is 7.89. The van der Waals surface area contributed by atoms with Gasteiger partial charge in [-0.05, 0) is 32.8 Å². The van der Waals surface area contributed by atoms with Crippen LogP contribution in [0.15, 0.2) is 24.7 Å². The first-order chi connectivity index (χ1) is 12.6. The zero-order valence-electron chi connectivity index (χ0n) is 15.6. The van der Waals surface area contributed by atoms with Gasteiger partial charge in [0.2, 0.25) is 0 Å². The van der Waals surface area contributed by atoms with Crippen LogP contribution in [0, 0.1) is 5.41 Å². The van der Waals surface area contributed by atoms with E-state index in [1.54, 1.807) is 16.9 Å². The van der Waals surface area contributed by atoms with Crippen molar-refractivity contribution < 1.29 is 9.53 Å². The first-order valence-electron chi connectivity index (χ1n) is 9.47. The summed E-state index contributed by atoms with van der Waals surface area (Å²) < 4.78 is 7.60. The fraction of sp³-hybridized carbons (Fsp3) is 0.632. The normalized spacial score (nSPS) is 25.1. The molecule has 2 fully saturated rings. The molecule has 7 nitrogen and oxygen atoms in total. The van der Waals surface area contributed by atoms with Crippen LogP contribution >= 0.6 is 0 Å². The molecule has 1 spiro atoms. The lowest BCUT2D eigenvalue weighted by atomic mass is 9.79. The Morgan fingerprint density at radius 2 is 2.19 bits per heavy atom. The van der Waals surface area contributed by atoms with Crippen LogP contribution in [0.2, 0.25) is 0 Å². The van der Waals surface area contributed by atoms with Gasteiger partial charge < -0.3 is 9.64 Å². The van der Waals surface area contributed by atoms with Crippen molar-refractivity contribution in [2.24, 2.45) is 5.41 Å². The van der Waals surface area contributed by atoms with E-state index in [0.29, 0.717) is 17.3 Å². The Morgan fingerprint density at radius 1 is 1.31 bits per heavy atom. The summed E-state index contributed by atoms with van der Waals surface area (Å²) in [6.45, 7) is 9.43. The largest absolute Gasteiger partial charge is 0.379 e. The number of likely N-dealkylation sites (tertiary alicyclic amines) is 1. The van der Waals surface area contributed by atoms with Gasteiger partial charge in [0.15, 0.2) is 5.65 Å². The number of hydrogen-bond donors (Lipinski definition) is 0. The molecule has 2 saturated heterocycles. The van der Waals surface area contributed by atoms with Crippen molar-refractivity contribution in [2.45, 2.75) is 32.7 Å². The van der Waals surface area contributed by atoms with Crippen molar-refractivity contribution in [3.63, 3.8) is 0 Å². The lowest BCUT2D eigenvalue weighted by Gasteiger charge is -2.44. The van der Waals surface area contributed by atoms with Gasteiger partial charge in [0.25, 0.3) is 5.91 Å². The van der Waals surface area contributed by atoms with Gasteiger partial charge in [-0.15, -0.1) is 0 Å². The van der Waals surface area contributed by atoms with Crippen LogP contribution in [0.5, 0.6) is 0 Å². The SMILES string of the molecule is CC(C)N1CCOCC2(CCCN(C(=O)c3cnn4cccnc34)C2)C1. The molecule has 26 heavy (non-hydrogen) atoms. The summed E-state index contributed by atoms with van der Waals surface area (Å²) in [5, 5.41) is 4.26. The molecule has 2 aliphatic rings. The average molecular weight is 357 g/mol. The molecule has 0 saturated carbocycles. The number of aromatic nitrogens is 3. The molecule has 4 rings (SSSR count). The van der Waals surface area contributed by atoms with E-state index < -0.39 is 0 Å². The highest BCUT2D eigenvalue weighted by Crippen LogP contribution is 2.34. The maximum atomic E-state index is 13.2. The third-order valence-electron chi connectivity index (χ3n) is 5.66. The number of carbonyl (C=O) groups excluding carboxylic acids is 1. The minimum atomic E-state index is 0.0189.